The summed E-state index contributed by atoms with van der Waals surface area (Å²) in [5.41, 5.74) is 8.74. The first-order chi connectivity index (χ1) is 14.6. The summed E-state index contributed by atoms with van der Waals surface area (Å²) in [5.74, 6) is -0.0505. The molecule has 0 bridgehead atoms. The second-order valence-electron chi connectivity index (χ2n) is 10.8. The normalized spacial score (nSPS) is 16.1. The highest BCUT2D eigenvalue weighted by atomic mass is 16.1. The van der Waals surface area contributed by atoms with Gasteiger partial charge < -0.3 is 10.6 Å². The number of fused-ring (bicyclic) bond motifs is 1. The number of hydrogen-bond donors (Lipinski definition) is 2. The zero-order valence-corrected chi connectivity index (χ0v) is 19.6. The van der Waals surface area contributed by atoms with Gasteiger partial charge in [-0.3, -0.25) is 4.79 Å². The molecule has 2 aromatic rings. The van der Waals surface area contributed by atoms with Crippen molar-refractivity contribution in [2.45, 2.75) is 71.6 Å². The van der Waals surface area contributed by atoms with Crippen LogP contribution < -0.4 is 10.6 Å². The van der Waals surface area contributed by atoms with Crippen LogP contribution in [0.1, 0.15) is 77.5 Å². The molecule has 1 fully saturated rings. The van der Waals surface area contributed by atoms with E-state index in [4.69, 9.17) is 0 Å². The van der Waals surface area contributed by atoms with Gasteiger partial charge in [0.15, 0.2) is 0 Å². The van der Waals surface area contributed by atoms with Gasteiger partial charge in [0.25, 0.3) is 5.91 Å². The van der Waals surface area contributed by atoms with Gasteiger partial charge >= 0.3 is 0 Å². The SMILES string of the molecule is CC(C)(C)c1ccc(NC(=O)C2=CNc3ccccc3C2=C2CCC2)c(C(C)(C)C)c1. The fourth-order valence-electron chi connectivity index (χ4n) is 4.29. The molecule has 0 saturated heterocycles. The van der Waals surface area contributed by atoms with Crippen molar-refractivity contribution in [3.63, 3.8) is 0 Å². The van der Waals surface area contributed by atoms with Crippen LogP contribution in [0.2, 0.25) is 0 Å². The third kappa shape index (κ3) is 4.19. The number of anilines is 2. The van der Waals surface area contributed by atoms with Crippen molar-refractivity contribution in [2.24, 2.45) is 0 Å². The summed E-state index contributed by atoms with van der Waals surface area (Å²) in [7, 11) is 0. The molecule has 0 spiro atoms. The van der Waals surface area contributed by atoms with Gasteiger partial charge in [0.1, 0.15) is 0 Å². The maximum atomic E-state index is 13.5. The van der Waals surface area contributed by atoms with Crippen molar-refractivity contribution in [3.05, 3.63) is 76.5 Å². The molecule has 2 aliphatic rings. The van der Waals surface area contributed by atoms with E-state index >= 15 is 0 Å². The molecule has 31 heavy (non-hydrogen) atoms. The van der Waals surface area contributed by atoms with Crippen LogP contribution in [0.5, 0.6) is 0 Å². The monoisotopic (exact) mass is 414 g/mol. The highest BCUT2D eigenvalue weighted by Crippen LogP contribution is 2.43. The Morgan fingerprint density at radius 1 is 0.935 bits per heavy atom. The Kier molecular flexibility index (Phi) is 5.33. The smallest absolute Gasteiger partial charge is 0.257 e. The third-order valence-electron chi connectivity index (χ3n) is 6.33. The van der Waals surface area contributed by atoms with Crippen molar-refractivity contribution >= 4 is 22.9 Å². The molecule has 0 radical (unpaired) electrons. The highest BCUT2D eigenvalue weighted by molar-refractivity contribution is 6.17. The average molecular weight is 415 g/mol. The van der Waals surface area contributed by atoms with Crippen molar-refractivity contribution in [2.75, 3.05) is 10.6 Å². The van der Waals surface area contributed by atoms with Gasteiger partial charge in [-0.15, -0.1) is 0 Å². The van der Waals surface area contributed by atoms with Crippen LogP contribution in [-0.2, 0) is 15.6 Å². The van der Waals surface area contributed by atoms with Crippen molar-refractivity contribution in [1.29, 1.82) is 0 Å². The van der Waals surface area contributed by atoms with Crippen molar-refractivity contribution in [3.8, 4) is 0 Å². The van der Waals surface area contributed by atoms with Crippen molar-refractivity contribution < 1.29 is 4.79 Å². The number of para-hydroxylation sites is 1. The average Bonchev–Trinajstić information content (AvgIpc) is 2.65. The standard InChI is InChI=1S/C28H34N2O/c1-27(2,3)19-14-15-24(22(16-19)28(4,5)6)30-26(31)21-17-29-23-13-8-7-12-20(23)25(21)18-10-9-11-18/h7-8,12-17,29H,9-11H2,1-6H3,(H,30,31). The fourth-order valence-corrected chi connectivity index (χ4v) is 4.29. The molecule has 3 heteroatoms. The number of hydrogen-bond acceptors (Lipinski definition) is 2. The molecule has 0 aromatic heterocycles. The van der Waals surface area contributed by atoms with Crippen LogP contribution in [0.25, 0.3) is 5.57 Å². The first-order valence-electron chi connectivity index (χ1n) is 11.3. The van der Waals surface area contributed by atoms with Gasteiger partial charge in [0.2, 0.25) is 0 Å². The van der Waals surface area contributed by atoms with E-state index < -0.39 is 0 Å². The summed E-state index contributed by atoms with van der Waals surface area (Å²) in [6, 6.07) is 14.7. The lowest BCUT2D eigenvalue weighted by atomic mass is 9.79. The Hall–Kier alpha value is -2.81. The minimum Gasteiger partial charge on any atom is -0.360 e. The zero-order chi connectivity index (χ0) is 22.4. The molecule has 1 heterocycles. The molecule has 1 aliphatic carbocycles. The van der Waals surface area contributed by atoms with Crippen LogP contribution in [0.3, 0.4) is 0 Å². The second kappa shape index (κ2) is 7.71. The largest absolute Gasteiger partial charge is 0.360 e. The first-order valence-corrected chi connectivity index (χ1v) is 11.3. The van der Waals surface area contributed by atoms with Gasteiger partial charge in [-0.2, -0.15) is 0 Å². The molecule has 2 aromatic carbocycles. The van der Waals surface area contributed by atoms with Crippen LogP contribution >= 0.6 is 0 Å². The van der Waals surface area contributed by atoms with Gasteiger partial charge in [-0.1, -0.05) is 77.4 Å². The number of nitrogens with one attached hydrogen (secondary N) is 2. The van der Waals surface area contributed by atoms with E-state index in [0.717, 1.165) is 46.5 Å². The molecule has 1 aliphatic heterocycles. The Morgan fingerprint density at radius 2 is 1.65 bits per heavy atom. The molecule has 3 nitrogen and oxygen atoms in total. The molecule has 0 atom stereocenters. The number of allylic oxidation sites excluding steroid dienone is 1. The van der Waals surface area contributed by atoms with Crippen LogP contribution in [0, 0.1) is 0 Å². The predicted molar refractivity (Wildman–Crippen MR) is 131 cm³/mol. The Labute approximate surface area is 186 Å². The Balaban J connectivity index is 1.71. The van der Waals surface area contributed by atoms with Crippen LogP contribution in [0.15, 0.2) is 59.8 Å². The van der Waals surface area contributed by atoms with E-state index in [9.17, 15) is 4.79 Å². The molecule has 0 unspecified atom stereocenters. The minimum absolute atomic E-state index is 0.0505. The predicted octanol–water partition coefficient (Wildman–Crippen LogP) is 7.17. The molecule has 4 rings (SSSR count). The fraction of sp³-hybridized carbons (Fsp3) is 0.393. The quantitative estimate of drug-likeness (QED) is 0.547. The van der Waals surface area contributed by atoms with Gasteiger partial charge in [0, 0.05) is 23.1 Å². The molecule has 1 amide bonds. The number of amides is 1. The van der Waals surface area contributed by atoms with E-state index in [1.165, 1.54) is 17.6 Å². The lowest BCUT2D eigenvalue weighted by Crippen LogP contribution is -2.24. The van der Waals surface area contributed by atoms with E-state index in [-0.39, 0.29) is 16.7 Å². The van der Waals surface area contributed by atoms with Gasteiger partial charge in [-0.25, -0.2) is 0 Å². The number of benzene rings is 2. The highest BCUT2D eigenvalue weighted by Gasteiger charge is 2.29. The number of rotatable bonds is 2. The van der Waals surface area contributed by atoms with E-state index in [2.05, 4.69) is 82.5 Å². The Morgan fingerprint density at radius 3 is 2.26 bits per heavy atom. The number of carbonyl (C=O) groups excluding carboxylic acids is 1. The lowest BCUT2D eigenvalue weighted by Gasteiger charge is -2.30. The first kappa shape index (κ1) is 21.4. The number of carbonyl (C=O) groups is 1. The summed E-state index contributed by atoms with van der Waals surface area (Å²) >= 11 is 0. The van der Waals surface area contributed by atoms with Gasteiger partial charge in [-0.05, 0) is 58.9 Å². The molecule has 162 valence electrons. The lowest BCUT2D eigenvalue weighted by molar-refractivity contribution is -0.112. The van der Waals surface area contributed by atoms with E-state index in [1.54, 1.807) is 0 Å². The molecule has 1 saturated carbocycles. The summed E-state index contributed by atoms with van der Waals surface area (Å²) < 4.78 is 0. The zero-order valence-electron chi connectivity index (χ0n) is 19.6. The maximum absolute atomic E-state index is 13.5. The minimum atomic E-state index is -0.0784. The third-order valence-corrected chi connectivity index (χ3v) is 6.33. The summed E-state index contributed by atoms with van der Waals surface area (Å²) in [5, 5.41) is 6.58. The molecular weight excluding hydrogens is 380 g/mol. The van der Waals surface area contributed by atoms with E-state index in [1.807, 2.05) is 18.3 Å². The Bertz CT molecular complexity index is 1080. The maximum Gasteiger partial charge on any atom is 0.257 e. The molecular formula is C28H34N2O. The van der Waals surface area contributed by atoms with Crippen molar-refractivity contribution in [1.82, 2.24) is 0 Å². The van der Waals surface area contributed by atoms with Gasteiger partial charge in [0.05, 0.1) is 5.57 Å². The van der Waals surface area contributed by atoms with Crippen LogP contribution in [0.4, 0.5) is 11.4 Å². The summed E-state index contributed by atoms with van der Waals surface area (Å²) in [6.07, 6.45) is 5.22. The summed E-state index contributed by atoms with van der Waals surface area (Å²) in [4.78, 5) is 13.5. The second-order valence-corrected chi connectivity index (χ2v) is 10.8. The van der Waals surface area contributed by atoms with Crippen LogP contribution in [-0.4, -0.2) is 5.91 Å². The molecule has 2 N–H and O–H groups in total. The van der Waals surface area contributed by atoms with E-state index in [0.29, 0.717) is 0 Å². The summed E-state index contributed by atoms with van der Waals surface area (Å²) in [6.45, 7) is 13.3. The topological polar surface area (TPSA) is 41.1 Å².